The minimum absolute atomic E-state index is 0.322. The summed E-state index contributed by atoms with van der Waals surface area (Å²) in [6.07, 6.45) is 0.617. The number of hydrogen-bond acceptors (Lipinski definition) is 5. The van der Waals surface area contributed by atoms with Crippen molar-refractivity contribution in [2.75, 3.05) is 27.4 Å². The highest BCUT2D eigenvalue weighted by molar-refractivity contribution is 9.10. The fourth-order valence-corrected chi connectivity index (χ4v) is 2.66. The molecule has 0 fully saturated rings. The summed E-state index contributed by atoms with van der Waals surface area (Å²) in [6, 6.07) is 12.4. The Bertz CT molecular complexity index is 778. The molecule has 2 aromatic rings. The molecular formula is C19H20BrNO5. The molecule has 1 N–H and O–H groups in total. The number of amides is 1. The molecule has 0 spiro atoms. The van der Waals surface area contributed by atoms with Gasteiger partial charge < -0.3 is 19.5 Å². The molecule has 0 saturated carbocycles. The van der Waals surface area contributed by atoms with Crippen molar-refractivity contribution in [1.29, 1.82) is 0 Å². The van der Waals surface area contributed by atoms with Gasteiger partial charge in [0.05, 0.1) is 19.8 Å². The summed E-state index contributed by atoms with van der Waals surface area (Å²) < 4.78 is 16.2. The van der Waals surface area contributed by atoms with Gasteiger partial charge >= 0.3 is 5.97 Å². The first-order chi connectivity index (χ1) is 12.5. The van der Waals surface area contributed by atoms with Gasteiger partial charge in [-0.3, -0.25) is 4.79 Å². The van der Waals surface area contributed by atoms with Gasteiger partial charge in [-0.25, -0.2) is 4.79 Å². The van der Waals surface area contributed by atoms with Crippen LogP contribution < -0.4 is 14.8 Å². The van der Waals surface area contributed by atoms with Crippen molar-refractivity contribution < 1.29 is 23.8 Å². The number of halogens is 1. The van der Waals surface area contributed by atoms with Gasteiger partial charge in [0.15, 0.2) is 18.1 Å². The Labute approximate surface area is 160 Å². The summed E-state index contributed by atoms with van der Waals surface area (Å²) in [5.41, 5.74) is 1.38. The Balaban J connectivity index is 1.76. The molecule has 0 bridgehead atoms. The second-order valence-electron chi connectivity index (χ2n) is 5.38. The number of nitrogens with one attached hydrogen (secondary N) is 1. The molecular weight excluding hydrogens is 402 g/mol. The highest BCUT2D eigenvalue weighted by Gasteiger charge is 2.10. The first-order valence-corrected chi connectivity index (χ1v) is 8.73. The van der Waals surface area contributed by atoms with Crippen LogP contribution in [-0.4, -0.2) is 39.2 Å². The van der Waals surface area contributed by atoms with Gasteiger partial charge in [-0.2, -0.15) is 0 Å². The molecule has 0 aliphatic rings. The molecule has 138 valence electrons. The highest BCUT2D eigenvalue weighted by atomic mass is 79.9. The van der Waals surface area contributed by atoms with E-state index in [1.165, 1.54) is 0 Å². The molecule has 0 aromatic heterocycles. The average Bonchev–Trinajstić information content (AvgIpc) is 2.65. The van der Waals surface area contributed by atoms with E-state index in [1.54, 1.807) is 38.5 Å². The van der Waals surface area contributed by atoms with E-state index in [9.17, 15) is 9.59 Å². The summed E-state index contributed by atoms with van der Waals surface area (Å²) in [6.45, 7) is 0.0973. The Morgan fingerprint density at radius 3 is 2.50 bits per heavy atom. The van der Waals surface area contributed by atoms with Crippen molar-refractivity contribution in [2.24, 2.45) is 0 Å². The monoisotopic (exact) mass is 421 g/mol. The standard InChI is InChI=1S/C19H20BrNO5/c1-24-16-7-6-13(10-17(16)25-2)8-9-21-18(22)12-26-19(23)14-4-3-5-15(20)11-14/h3-7,10-11H,8-9,12H2,1-2H3,(H,21,22). The summed E-state index contributed by atoms with van der Waals surface area (Å²) >= 11 is 3.28. The predicted molar refractivity (Wildman–Crippen MR) is 101 cm³/mol. The summed E-state index contributed by atoms with van der Waals surface area (Å²) in [5.74, 6) is 0.397. The smallest absolute Gasteiger partial charge is 0.338 e. The van der Waals surface area contributed by atoms with E-state index in [4.69, 9.17) is 14.2 Å². The van der Waals surface area contributed by atoms with Gasteiger partial charge in [0.2, 0.25) is 0 Å². The van der Waals surface area contributed by atoms with Crippen molar-refractivity contribution in [1.82, 2.24) is 5.32 Å². The van der Waals surface area contributed by atoms with Crippen LogP contribution in [0.1, 0.15) is 15.9 Å². The maximum absolute atomic E-state index is 11.9. The van der Waals surface area contributed by atoms with E-state index in [2.05, 4.69) is 21.2 Å². The first-order valence-electron chi connectivity index (χ1n) is 7.93. The lowest BCUT2D eigenvalue weighted by Gasteiger charge is -2.10. The van der Waals surface area contributed by atoms with E-state index in [0.717, 1.165) is 10.0 Å². The number of carbonyl (C=O) groups excluding carboxylic acids is 2. The van der Waals surface area contributed by atoms with E-state index in [1.807, 2.05) is 18.2 Å². The molecule has 1 amide bonds. The highest BCUT2D eigenvalue weighted by Crippen LogP contribution is 2.27. The predicted octanol–water partition coefficient (Wildman–Crippen LogP) is 2.98. The van der Waals surface area contributed by atoms with Gasteiger partial charge in [-0.1, -0.05) is 28.1 Å². The van der Waals surface area contributed by atoms with Gasteiger partial charge in [-0.05, 0) is 42.3 Å². The fraction of sp³-hybridized carbons (Fsp3) is 0.263. The lowest BCUT2D eigenvalue weighted by Crippen LogP contribution is -2.30. The third kappa shape index (κ3) is 5.77. The SMILES string of the molecule is COc1ccc(CCNC(=O)COC(=O)c2cccc(Br)c2)cc1OC. The van der Waals surface area contributed by atoms with Gasteiger partial charge in [0.1, 0.15) is 0 Å². The van der Waals surface area contributed by atoms with Crippen LogP contribution in [0.3, 0.4) is 0 Å². The van der Waals surface area contributed by atoms with Crippen LogP contribution in [0.2, 0.25) is 0 Å². The Hall–Kier alpha value is -2.54. The second kappa shape index (κ2) is 9.82. The zero-order valence-corrected chi connectivity index (χ0v) is 16.2. The molecule has 0 aliphatic carbocycles. The fourth-order valence-electron chi connectivity index (χ4n) is 2.26. The molecule has 2 aromatic carbocycles. The van der Waals surface area contributed by atoms with Crippen LogP contribution in [0.25, 0.3) is 0 Å². The van der Waals surface area contributed by atoms with Crippen molar-refractivity contribution in [3.05, 3.63) is 58.1 Å². The van der Waals surface area contributed by atoms with Gasteiger partial charge in [-0.15, -0.1) is 0 Å². The molecule has 0 heterocycles. The minimum atomic E-state index is -0.540. The number of hydrogen-bond donors (Lipinski definition) is 1. The van der Waals surface area contributed by atoms with Crippen molar-refractivity contribution in [2.45, 2.75) is 6.42 Å². The molecule has 7 heteroatoms. The lowest BCUT2D eigenvalue weighted by molar-refractivity contribution is -0.124. The minimum Gasteiger partial charge on any atom is -0.493 e. The van der Waals surface area contributed by atoms with E-state index >= 15 is 0 Å². The van der Waals surface area contributed by atoms with Gasteiger partial charge in [0, 0.05) is 11.0 Å². The second-order valence-corrected chi connectivity index (χ2v) is 6.29. The third-order valence-corrected chi connectivity index (χ3v) is 4.07. The molecule has 0 radical (unpaired) electrons. The summed E-state index contributed by atoms with van der Waals surface area (Å²) in [7, 11) is 3.15. The lowest BCUT2D eigenvalue weighted by atomic mass is 10.1. The summed E-state index contributed by atoms with van der Waals surface area (Å²) in [4.78, 5) is 23.7. The first kappa shape index (κ1) is 19.8. The van der Waals surface area contributed by atoms with Crippen LogP contribution in [0.4, 0.5) is 0 Å². The molecule has 6 nitrogen and oxygen atoms in total. The third-order valence-electron chi connectivity index (χ3n) is 3.58. The number of benzene rings is 2. The number of methoxy groups -OCH3 is 2. The average molecular weight is 422 g/mol. The molecule has 0 unspecified atom stereocenters. The van der Waals surface area contributed by atoms with Crippen LogP contribution in [0, 0.1) is 0 Å². The Morgan fingerprint density at radius 1 is 1.04 bits per heavy atom. The number of carbonyl (C=O) groups is 2. The zero-order chi connectivity index (χ0) is 18.9. The van der Waals surface area contributed by atoms with Crippen LogP contribution in [0.5, 0.6) is 11.5 Å². The van der Waals surface area contributed by atoms with Crippen molar-refractivity contribution in [3.8, 4) is 11.5 Å². The van der Waals surface area contributed by atoms with E-state index in [-0.39, 0.29) is 12.5 Å². The maximum Gasteiger partial charge on any atom is 0.338 e. The van der Waals surface area contributed by atoms with Crippen molar-refractivity contribution >= 4 is 27.8 Å². The van der Waals surface area contributed by atoms with Crippen LogP contribution in [0.15, 0.2) is 46.9 Å². The Morgan fingerprint density at radius 2 is 1.81 bits per heavy atom. The summed E-state index contributed by atoms with van der Waals surface area (Å²) in [5, 5.41) is 2.72. The molecule has 0 aliphatic heterocycles. The Kier molecular flexibility index (Phi) is 7.47. The molecule has 2 rings (SSSR count). The number of esters is 1. The quantitative estimate of drug-likeness (QED) is 0.663. The number of ether oxygens (including phenoxy) is 3. The van der Waals surface area contributed by atoms with Gasteiger partial charge in [0.25, 0.3) is 5.91 Å². The maximum atomic E-state index is 11.9. The number of rotatable bonds is 8. The zero-order valence-electron chi connectivity index (χ0n) is 14.6. The van der Waals surface area contributed by atoms with E-state index < -0.39 is 5.97 Å². The molecule has 0 saturated heterocycles. The van der Waals surface area contributed by atoms with Crippen LogP contribution >= 0.6 is 15.9 Å². The van der Waals surface area contributed by atoms with E-state index in [0.29, 0.717) is 30.0 Å². The van der Waals surface area contributed by atoms with Crippen LogP contribution in [-0.2, 0) is 16.0 Å². The molecule has 26 heavy (non-hydrogen) atoms. The van der Waals surface area contributed by atoms with Crippen molar-refractivity contribution in [3.63, 3.8) is 0 Å². The topological polar surface area (TPSA) is 73.9 Å². The normalized spacial score (nSPS) is 10.1. The largest absolute Gasteiger partial charge is 0.493 e. The molecule has 0 atom stereocenters.